The number of hydrogen-bond acceptors (Lipinski definition) is 3. The first-order valence-corrected chi connectivity index (χ1v) is 8.35. The van der Waals surface area contributed by atoms with Crippen LogP contribution in [-0.2, 0) is 10.0 Å². The topological polar surface area (TPSA) is 58.2 Å². The number of unbranched alkanes of at least 4 members (excludes halogenated alkanes) is 1. The lowest BCUT2D eigenvalue weighted by atomic mass is 10.1. The molecule has 1 saturated heterocycles. The first kappa shape index (κ1) is 14.9. The standard InChI is InChI=1S/C12H26N2O2S/c1-11(2)6-3-4-9-14-17(15,16)10-12-7-5-8-13-12/h11-14H,3-10H2,1-2H3. The van der Waals surface area contributed by atoms with Gasteiger partial charge in [0.2, 0.25) is 10.0 Å². The summed E-state index contributed by atoms with van der Waals surface area (Å²) in [4.78, 5) is 0. The average Bonchev–Trinajstić information content (AvgIpc) is 2.68. The summed E-state index contributed by atoms with van der Waals surface area (Å²) in [7, 11) is -3.08. The fourth-order valence-electron chi connectivity index (χ4n) is 2.13. The molecule has 17 heavy (non-hydrogen) atoms. The molecule has 4 nitrogen and oxygen atoms in total. The highest BCUT2D eigenvalue weighted by Gasteiger charge is 2.21. The smallest absolute Gasteiger partial charge is 0.213 e. The van der Waals surface area contributed by atoms with Crippen LogP contribution < -0.4 is 10.0 Å². The van der Waals surface area contributed by atoms with Gasteiger partial charge in [0.1, 0.15) is 0 Å². The maximum atomic E-state index is 11.7. The van der Waals surface area contributed by atoms with Crippen LogP contribution in [0.15, 0.2) is 0 Å². The van der Waals surface area contributed by atoms with Crippen molar-refractivity contribution in [1.29, 1.82) is 0 Å². The molecule has 5 heteroatoms. The van der Waals surface area contributed by atoms with Gasteiger partial charge in [-0.1, -0.05) is 26.7 Å². The second-order valence-electron chi connectivity index (χ2n) is 5.36. The van der Waals surface area contributed by atoms with Gasteiger partial charge in [-0.2, -0.15) is 0 Å². The van der Waals surface area contributed by atoms with Crippen LogP contribution in [0.2, 0.25) is 0 Å². The van der Waals surface area contributed by atoms with Gasteiger partial charge in [0.15, 0.2) is 0 Å². The van der Waals surface area contributed by atoms with E-state index >= 15 is 0 Å². The predicted octanol–water partition coefficient (Wildman–Crippen LogP) is 1.48. The summed E-state index contributed by atoms with van der Waals surface area (Å²) >= 11 is 0. The van der Waals surface area contributed by atoms with Crippen LogP contribution in [0, 0.1) is 5.92 Å². The Morgan fingerprint density at radius 1 is 1.35 bits per heavy atom. The maximum absolute atomic E-state index is 11.7. The van der Waals surface area contributed by atoms with Gasteiger partial charge in [-0.3, -0.25) is 0 Å². The van der Waals surface area contributed by atoms with E-state index in [1.807, 2.05) is 0 Å². The molecular weight excluding hydrogens is 236 g/mol. The van der Waals surface area contributed by atoms with Crippen LogP contribution >= 0.6 is 0 Å². The van der Waals surface area contributed by atoms with Crippen LogP contribution in [0.5, 0.6) is 0 Å². The molecule has 1 rings (SSSR count). The van der Waals surface area contributed by atoms with E-state index in [2.05, 4.69) is 23.9 Å². The van der Waals surface area contributed by atoms with Crippen molar-refractivity contribution in [2.75, 3.05) is 18.8 Å². The second kappa shape index (κ2) is 7.34. The molecule has 0 spiro atoms. The van der Waals surface area contributed by atoms with Gasteiger partial charge < -0.3 is 5.32 Å². The van der Waals surface area contributed by atoms with E-state index in [0.29, 0.717) is 12.5 Å². The second-order valence-corrected chi connectivity index (χ2v) is 7.21. The Labute approximate surface area is 106 Å². The molecule has 102 valence electrons. The Morgan fingerprint density at radius 2 is 2.12 bits per heavy atom. The van der Waals surface area contributed by atoms with Gasteiger partial charge in [0, 0.05) is 12.6 Å². The minimum absolute atomic E-state index is 0.156. The van der Waals surface area contributed by atoms with Gasteiger partial charge in [-0.15, -0.1) is 0 Å². The zero-order valence-corrected chi connectivity index (χ0v) is 11.9. The highest BCUT2D eigenvalue weighted by Crippen LogP contribution is 2.08. The summed E-state index contributed by atoms with van der Waals surface area (Å²) in [6.07, 6.45) is 5.28. The Hall–Kier alpha value is -0.130. The number of rotatable bonds is 8. The van der Waals surface area contributed by atoms with Crippen molar-refractivity contribution in [1.82, 2.24) is 10.0 Å². The van der Waals surface area contributed by atoms with Gasteiger partial charge in [-0.25, -0.2) is 13.1 Å². The summed E-state index contributed by atoms with van der Waals surface area (Å²) in [5.74, 6) is 0.936. The maximum Gasteiger partial charge on any atom is 0.213 e. The van der Waals surface area contributed by atoms with Crippen LogP contribution in [0.4, 0.5) is 0 Å². The molecule has 0 saturated carbocycles. The number of nitrogens with one attached hydrogen (secondary N) is 2. The van der Waals surface area contributed by atoms with Crippen LogP contribution in [0.25, 0.3) is 0 Å². The van der Waals surface area contributed by atoms with Crippen molar-refractivity contribution < 1.29 is 8.42 Å². The highest BCUT2D eigenvalue weighted by molar-refractivity contribution is 7.89. The predicted molar refractivity (Wildman–Crippen MR) is 71.5 cm³/mol. The minimum Gasteiger partial charge on any atom is -0.313 e. The fourth-order valence-corrected chi connectivity index (χ4v) is 3.52. The largest absolute Gasteiger partial charge is 0.313 e. The summed E-state index contributed by atoms with van der Waals surface area (Å²) in [6.45, 7) is 5.92. The summed E-state index contributed by atoms with van der Waals surface area (Å²) < 4.78 is 26.2. The van der Waals surface area contributed by atoms with Crippen LogP contribution in [0.1, 0.15) is 46.0 Å². The van der Waals surface area contributed by atoms with Gasteiger partial charge in [0.05, 0.1) is 5.75 Å². The molecule has 0 aliphatic carbocycles. The molecular formula is C12H26N2O2S. The van der Waals surface area contributed by atoms with E-state index in [0.717, 1.165) is 32.2 Å². The van der Waals surface area contributed by atoms with Crippen LogP contribution in [0.3, 0.4) is 0 Å². The Bertz CT molecular complexity index is 296. The highest BCUT2D eigenvalue weighted by atomic mass is 32.2. The monoisotopic (exact) mass is 262 g/mol. The molecule has 1 aliphatic heterocycles. The van der Waals surface area contributed by atoms with Crippen molar-refractivity contribution in [2.24, 2.45) is 5.92 Å². The van der Waals surface area contributed by atoms with E-state index in [1.165, 1.54) is 6.42 Å². The average molecular weight is 262 g/mol. The van der Waals surface area contributed by atoms with Crippen molar-refractivity contribution in [3.05, 3.63) is 0 Å². The van der Waals surface area contributed by atoms with E-state index in [1.54, 1.807) is 0 Å². The summed E-state index contributed by atoms with van der Waals surface area (Å²) in [5.41, 5.74) is 0. The zero-order chi connectivity index (χ0) is 12.7. The third-order valence-corrected chi connectivity index (χ3v) is 4.60. The van der Waals surface area contributed by atoms with Crippen molar-refractivity contribution in [3.8, 4) is 0 Å². The molecule has 0 aromatic heterocycles. The quantitative estimate of drug-likeness (QED) is 0.652. The fraction of sp³-hybridized carbons (Fsp3) is 1.00. The Morgan fingerprint density at radius 3 is 2.71 bits per heavy atom. The molecule has 0 bridgehead atoms. The Balaban J connectivity index is 2.11. The summed E-state index contributed by atoms with van der Waals surface area (Å²) in [6, 6.07) is 0.156. The first-order valence-electron chi connectivity index (χ1n) is 6.70. The molecule has 0 radical (unpaired) electrons. The van der Waals surface area contributed by atoms with Crippen molar-refractivity contribution >= 4 is 10.0 Å². The molecule has 1 unspecified atom stereocenters. The van der Waals surface area contributed by atoms with Gasteiger partial charge >= 0.3 is 0 Å². The number of hydrogen-bond donors (Lipinski definition) is 2. The minimum atomic E-state index is -3.08. The molecule has 1 aliphatic rings. The molecule has 0 aromatic rings. The Kier molecular flexibility index (Phi) is 6.44. The van der Waals surface area contributed by atoms with Crippen LogP contribution in [-0.4, -0.2) is 33.3 Å². The third-order valence-electron chi connectivity index (χ3n) is 3.11. The normalized spacial score (nSPS) is 21.2. The SMILES string of the molecule is CC(C)CCCCNS(=O)(=O)CC1CCCN1. The molecule has 1 fully saturated rings. The molecule has 1 heterocycles. The van der Waals surface area contributed by atoms with E-state index in [-0.39, 0.29) is 11.8 Å². The molecule has 0 amide bonds. The van der Waals surface area contributed by atoms with E-state index in [9.17, 15) is 8.42 Å². The first-order chi connectivity index (χ1) is 7.99. The van der Waals surface area contributed by atoms with Gasteiger partial charge in [-0.05, 0) is 31.7 Å². The van der Waals surface area contributed by atoms with Crippen molar-refractivity contribution in [3.63, 3.8) is 0 Å². The van der Waals surface area contributed by atoms with E-state index < -0.39 is 10.0 Å². The lowest BCUT2D eigenvalue weighted by Gasteiger charge is -2.12. The third kappa shape index (κ3) is 7.01. The van der Waals surface area contributed by atoms with Crippen molar-refractivity contribution in [2.45, 2.75) is 52.0 Å². The lowest BCUT2D eigenvalue weighted by Crippen LogP contribution is -2.36. The molecule has 0 aromatic carbocycles. The zero-order valence-electron chi connectivity index (χ0n) is 11.0. The molecule has 2 N–H and O–H groups in total. The lowest BCUT2D eigenvalue weighted by molar-refractivity contribution is 0.528. The summed E-state index contributed by atoms with van der Waals surface area (Å²) in [5, 5.41) is 3.21. The number of sulfonamides is 1. The van der Waals surface area contributed by atoms with Gasteiger partial charge in [0.25, 0.3) is 0 Å². The van der Waals surface area contributed by atoms with E-state index in [4.69, 9.17) is 0 Å². The molecule has 1 atom stereocenters.